The fourth-order valence-corrected chi connectivity index (χ4v) is 3.76. The van der Waals surface area contributed by atoms with E-state index in [1.807, 2.05) is 48.1 Å². The molecule has 0 unspecified atom stereocenters. The van der Waals surface area contributed by atoms with E-state index in [9.17, 15) is 9.59 Å². The summed E-state index contributed by atoms with van der Waals surface area (Å²) in [6.45, 7) is 1.06. The summed E-state index contributed by atoms with van der Waals surface area (Å²) in [6.07, 6.45) is 7.55. The predicted octanol–water partition coefficient (Wildman–Crippen LogP) is 2.32. The van der Waals surface area contributed by atoms with E-state index in [0.717, 1.165) is 29.9 Å². The summed E-state index contributed by atoms with van der Waals surface area (Å²) in [5, 5.41) is 9.95. The van der Waals surface area contributed by atoms with Gasteiger partial charge in [0.1, 0.15) is 11.5 Å². The zero-order valence-corrected chi connectivity index (χ0v) is 18.0. The number of imidazole rings is 1. The van der Waals surface area contributed by atoms with Gasteiger partial charge in [0.25, 0.3) is 11.8 Å². The molecule has 8 heteroatoms. The van der Waals surface area contributed by atoms with Crippen LogP contribution in [-0.2, 0) is 20.5 Å². The Hall–Kier alpha value is -3.42. The van der Waals surface area contributed by atoms with Gasteiger partial charge in [-0.25, -0.2) is 4.98 Å². The number of benzene rings is 1. The first-order chi connectivity index (χ1) is 15.0. The minimum Gasteiger partial charge on any atom is -0.352 e. The summed E-state index contributed by atoms with van der Waals surface area (Å²) >= 11 is 0. The number of amides is 2. The van der Waals surface area contributed by atoms with E-state index in [0.29, 0.717) is 31.0 Å². The van der Waals surface area contributed by atoms with Crippen LogP contribution >= 0.6 is 0 Å². The van der Waals surface area contributed by atoms with Gasteiger partial charge in [0, 0.05) is 45.4 Å². The highest BCUT2D eigenvalue weighted by atomic mass is 16.2. The monoisotopic (exact) mass is 420 g/mol. The third-order valence-electron chi connectivity index (χ3n) is 5.85. The number of carbonyl (C=O) groups excluding carboxylic acids is 2. The second-order valence-corrected chi connectivity index (χ2v) is 8.06. The van der Waals surface area contributed by atoms with E-state index >= 15 is 0 Å². The van der Waals surface area contributed by atoms with Crippen LogP contribution in [0.2, 0.25) is 0 Å². The van der Waals surface area contributed by atoms with Crippen LogP contribution in [0.1, 0.15) is 45.9 Å². The average molecular weight is 421 g/mol. The first kappa shape index (κ1) is 20.8. The van der Waals surface area contributed by atoms with Crippen molar-refractivity contribution >= 4 is 11.8 Å². The zero-order valence-electron chi connectivity index (χ0n) is 18.0. The molecule has 0 atom stereocenters. The van der Waals surface area contributed by atoms with Crippen molar-refractivity contribution in [2.75, 3.05) is 13.1 Å². The maximum Gasteiger partial charge on any atom is 0.270 e. The minimum atomic E-state index is -0.314. The van der Waals surface area contributed by atoms with Crippen molar-refractivity contribution in [3.05, 3.63) is 59.8 Å². The lowest BCUT2D eigenvalue weighted by Gasteiger charge is -2.25. The molecule has 2 heterocycles. The first-order valence-electron chi connectivity index (χ1n) is 10.7. The van der Waals surface area contributed by atoms with Crippen molar-refractivity contribution in [2.24, 2.45) is 20.0 Å². The van der Waals surface area contributed by atoms with E-state index < -0.39 is 0 Å². The van der Waals surface area contributed by atoms with Crippen molar-refractivity contribution in [2.45, 2.75) is 25.7 Å². The number of aryl methyl sites for hydroxylation is 2. The molecule has 0 bridgehead atoms. The maximum absolute atomic E-state index is 12.8. The molecule has 2 N–H and O–H groups in total. The Balaban J connectivity index is 1.36. The van der Waals surface area contributed by atoms with Gasteiger partial charge in [-0.05, 0) is 18.8 Å². The molecule has 162 valence electrons. The van der Waals surface area contributed by atoms with Crippen molar-refractivity contribution in [3.63, 3.8) is 0 Å². The predicted molar refractivity (Wildman–Crippen MR) is 118 cm³/mol. The Morgan fingerprint density at radius 3 is 2.58 bits per heavy atom. The molecule has 1 aliphatic carbocycles. The second kappa shape index (κ2) is 9.16. The molecule has 0 aliphatic heterocycles. The van der Waals surface area contributed by atoms with Gasteiger partial charge in [-0.3, -0.25) is 14.3 Å². The normalized spacial score (nSPS) is 13.6. The van der Waals surface area contributed by atoms with Crippen LogP contribution in [0, 0.1) is 5.92 Å². The molecule has 2 amide bonds. The van der Waals surface area contributed by atoms with Crippen LogP contribution in [0.3, 0.4) is 0 Å². The highest BCUT2D eigenvalue weighted by molar-refractivity contribution is 6.06. The van der Waals surface area contributed by atoms with E-state index in [2.05, 4.69) is 20.7 Å². The number of nitrogens with one attached hydrogen (secondary N) is 2. The Bertz CT molecular complexity index is 1070. The van der Waals surface area contributed by atoms with E-state index in [1.165, 1.54) is 17.3 Å². The van der Waals surface area contributed by atoms with Crippen LogP contribution in [0.5, 0.6) is 0 Å². The van der Waals surface area contributed by atoms with Gasteiger partial charge >= 0.3 is 0 Å². The minimum absolute atomic E-state index is 0.248. The largest absolute Gasteiger partial charge is 0.352 e. The molecule has 4 rings (SSSR count). The van der Waals surface area contributed by atoms with Crippen LogP contribution in [0.15, 0.2) is 42.7 Å². The quantitative estimate of drug-likeness (QED) is 0.585. The SMILES string of the molecule is Cn1cc(-c2ccccc2)nc1CCNC(=O)c1c(C(=O)NCC2CCC2)cnn1C. The van der Waals surface area contributed by atoms with Crippen molar-refractivity contribution in [1.29, 1.82) is 0 Å². The Kier molecular flexibility index (Phi) is 6.16. The number of hydrogen-bond donors (Lipinski definition) is 2. The molecule has 1 saturated carbocycles. The topological polar surface area (TPSA) is 93.8 Å². The van der Waals surface area contributed by atoms with Gasteiger partial charge in [-0.1, -0.05) is 36.8 Å². The van der Waals surface area contributed by atoms with Gasteiger partial charge in [0.15, 0.2) is 0 Å². The Morgan fingerprint density at radius 1 is 1.10 bits per heavy atom. The lowest BCUT2D eigenvalue weighted by atomic mass is 9.85. The third kappa shape index (κ3) is 4.68. The molecule has 0 spiro atoms. The van der Waals surface area contributed by atoms with Crippen LogP contribution in [-0.4, -0.2) is 44.2 Å². The van der Waals surface area contributed by atoms with E-state index in [4.69, 9.17) is 0 Å². The molecule has 3 aromatic rings. The maximum atomic E-state index is 12.8. The highest BCUT2D eigenvalue weighted by Crippen LogP contribution is 2.25. The molecule has 1 aromatic carbocycles. The number of nitrogens with zero attached hydrogens (tertiary/aromatic N) is 4. The molecule has 0 saturated heterocycles. The Labute approximate surface area is 181 Å². The smallest absolute Gasteiger partial charge is 0.270 e. The lowest BCUT2D eigenvalue weighted by Crippen LogP contribution is -2.34. The summed E-state index contributed by atoms with van der Waals surface area (Å²) < 4.78 is 3.42. The van der Waals surface area contributed by atoms with Gasteiger partial charge in [0.2, 0.25) is 0 Å². The van der Waals surface area contributed by atoms with Crippen LogP contribution in [0.4, 0.5) is 0 Å². The summed E-state index contributed by atoms with van der Waals surface area (Å²) in [5.41, 5.74) is 2.54. The first-order valence-corrected chi connectivity index (χ1v) is 10.7. The highest BCUT2D eigenvalue weighted by Gasteiger charge is 2.24. The number of hydrogen-bond acceptors (Lipinski definition) is 4. The van der Waals surface area contributed by atoms with Crippen LogP contribution < -0.4 is 10.6 Å². The number of rotatable bonds is 8. The van der Waals surface area contributed by atoms with Gasteiger partial charge in [0.05, 0.1) is 17.5 Å². The summed E-state index contributed by atoms with van der Waals surface area (Å²) in [5.74, 6) is 0.868. The van der Waals surface area contributed by atoms with E-state index in [1.54, 1.807) is 7.05 Å². The van der Waals surface area contributed by atoms with Gasteiger partial charge in [-0.2, -0.15) is 5.10 Å². The number of aromatic nitrogens is 4. The average Bonchev–Trinajstić information content (AvgIpc) is 3.30. The fourth-order valence-electron chi connectivity index (χ4n) is 3.76. The van der Waals surface area contributed by atoms with Crippen LogP contribution in [0.25, 0.3) is 11.3 Å². The molecular formula is C23H28N6O2. The molecule has 31 heavy (non-hydrogen) atoms. The molecule has 8 nitrogen and oxygen atoms in total. The van der Waals surface area contributed by atoms with E-state index in [-0.39, 0.29) is 17.5 Å². The Morgan fingerprint density at radius 2 is 1.87 bits per heavy atom. The van der Waals surface area contributed by atoms with Gasteiger partial charge < -0.3 is 15.2 Å². The summed E-state index contributed by atoms with van der Waals surface area (Å²) in [6, 6.07) is 9.99. The molecular weight excluding hydrogens is 392 g/mol. The van der Waals surface area contributed by atoms with Crippen molar-refractivity contribution in [3.8, 4) is 11.3 Å². The standard InChI is InChI=1S/C23H28N6O2/c1-28-15-19(17-9-4-3-5-10-17)27-20(28)11-12-24-23(31)21-18(14-26-29(21)2)22(30)25-13-16-7-6-8-16/h3-5,9-10,14-16H,6-8,11-13H2,1-2H3,(H,24,31)(H,25,30). The molecule has 0 radical (unpaired) electrons. The van der Waals surface area contributed by atoms with Crippen molar-refractivity contribution in [1.82, 2.24) is 30.0 Å². The second-order valence-electron chi connectivity index (χ2n) is 8.06. The summed E-state index contributed by atoms with van der Waals surface area (Å²) in [4.78, 5) is 30.0. The molecule has 1 aliphatic rings. The van der Waals surface area contributed by atoms with Gasteiger partial charge in [-0.15, -0.1) is 0 Å². The zero-order chi connectivity index (χ0) is 21.8. The number of carbonyl (C=O) groups is 2. The third-order valence-corrected chi connectivity index (χ3v) is 5.85. The molecule has 2 aromatic heterocycles. The molecule has 1 fully saturated rings. The fraction of sp³-hybridized carbons (Fsp3) is 0.391. The van der Waals surface area contributed by atoms with Crippen molar-refractivity contribution < 1.29 is 9.59 Å². The summed E-state index contributed by atoms with van der Waals surface area (Å²) in [7, 11) is 3.62. The lowest BCUT2D eigenvalue weighted by molar-refractivity contribution is 0.0906.